The molecule has 0 saturated heterocycles. The highest BCUT2D eigenvalue weighted by atomic mass is 32.1. The Hall–Kier alpha value is -3.13. The number of hydrogen-bond acceptors (Lipinski definition) is 7. The van der Waals surface area contributed by atoms with E-state index in [2.05, 4.69) is 10.5 Å². The summed E-state index contributed by atoms with van der Waals surface area (Å²) in [5, 5.41) is 7.57. The van der Waals surface area contributed by atoms with Crippen molar-refractivity contribution in [2.24, 2.45) is 11.7 Å². The van der Waals surface area contributed by atoms with Crippen LogP contribution in [0.15, 0.2) is 40.9 Å². The maximum absolute atomic E-state index is 12.9. The quantitative estimate of drug-likeness (QED) is 0.536. The summed E-state index contributed by atoms with van der Waals surface area (Å²) < 4.78 is 5.21. The van der Waals surface area contributed by atoms with Crippen LogP contribution in [-0.2, 0) is 0 Å². The van der Waals surface area contributed by atoms with E-state index in [0.29, 0.717) is 23.2 Å². The molecule has 2 heterocycles. The van der Waals surface area contributed by atoms with Crippen LogP contribution in [-0.4, -0.2) is 23.4 Å². The zero-order valence-corrected chi connectivity index (χ0v) is 15.8. The number of primary amides is 1. The standard InChI is InChI=1S/C19H20N4O3S/c1-10(2)9-22-19-14(18(21)25)15(20)17(27-19)16(24)13-8-12(23-26-13)11-6-4-3-5-7-11/h3-8,10,22H,9,20H2,1-2H3,(H2,21,25). The Labute approximate surface area is 160 Å². The molecule has 3 rings (SSSR count). The molecule has 0 aliphatic rings. The molecule has 2 aromatic heterocycles. The fourth-order valence-electron chi connectivity index (χ4n) is 2.52. The van der Waals surface area contributed by atoms with Crippen LogP contribution >= 0.6 is 11.3 Å². The van der Waals surface area contributed by atoms with Gasteiger partial charge in [0.25, 0.3) is 5.91 Å². The molecule has 0 radical (unpaired) electrons. The summed E-state index contributed by atoms with van der Waals surface area (Å²) in [6.45, 7) is 4.67. The Morgan fingerprint density at radius 3 is 2.59 bits per heavy atom. The number of nitrogen functional groups attached to an aromatic ring is 1. The SMILES string of the molecule is CC(C)CNc1sc(C(=O)c2cc(-c3ccccc3)no2)c(N)c1C(N)=O. The molecular formula is C19H20N4O3S. The zero-order valence-electron chi connectivity index (χ0n) is 15.0. The van der Waals surface area contributed by atoms with Gasteiger partial charge in [-0.1, -0.05) is 49.3 Å². The van der Waals surface area contributed by atoms with E-state index in [1.807, 2.05) is 44.2 Å². The first kappa shape index (κ1) is 18.7. The predicted molar refractivity (Wildman–Crippen MR) is 106 cm³/mol. The molecule has 140 valence electrons. The van der Waals surface area contributed by atoms with Crippen molar-refractivity contribution in [3.63, 3.8) is 0 Å². The average molecular weight is 384 g/mol. The molecule has 8 heteroatoms. The first-order valence-electron chi connectivity index (χ1n) is 8.41. The number of nitrogens with one attached hydrogen (secondary N) is 1. The number of anilines is 2. The van der Waals surface area contributed by atoms with Gasteiger partial charge in [0, 0.05) is 18.2 Å². The van der Waals surface area contributed by atoms with Crippen molar-refractivity contribution in [2.45, 2.75) is 13.8 Å². The lowest BCUT2D eigenvalue weighted by molar-refractivity contribution is 0.1000. The Morgan fingerprint density at radius 2 is 1.96 bits per heavy atom. The minimum Gasteiger partial charge on any atom is -0.397 e. The number of ketones is 1. The van der Waals surface area contributed by atoms with Gasteiger partial charge in [0.1, 0.15) is 15.6 Å². The first-order valence-corrected chi connectivity index (χ1v) is 9.23. The normalized spacial score (nSPS) is 10.9. The van der Waals surface area contributed by atoms with Crippen LogP contribution in [0, 0.1) is 5.92 Å². The highest BCUT2D eigenvalue weighted by Crippen LogP contribution is 2.37. The highest BCUT2D eigenvalue weighted by Gasteiger charge is 2.27. The second kappa shape index (κ2) is 7.63. The first-order chi connectivity index (χ1) is 12.9. The summed E-state index contributed by atoms with van der Waals surface area (Å²) in [6, 6.07) is 10.9. The number of nitrogens with zero attached hydrogens (tertiary/aromatic N) is 1. The van der Waals surface area contributed by atoms with Gasteiger partial charge in [-0.25, -0.2) is 0 Å². The molecule has 1 amide bonds. The smallest absolute Gasteiger partial charge is 0.253 e. The van der Waals surface area contributed by atoms with Crippen LogP contribution in [0.2, 0.25) is 0 Å². The van der Waals surface area contributed by atoms with Gasteiger partial charge in [-0.15, -0.1) is 11.3 Å². The van der Waals surface area contributed by atoms with Crippen LogP contribution in [0.3, 0.4) is 0 Å². The van der Waals surface area contributed by atoms with Crippen LogP contribution in [0.1, 0.15) is 39.6 Å². The van der Waals surface area contributed by atoms with Gasteiger partial charge in [-0.05, 0) is 5.92 Å². The van der Waals surface area contributed by atoms with E-state index in [-0.39, 0.29) is 21.9 Å². The van der Waals surface area contributed by atoms with E-state index < -0.39 is 11.7 Å². The van der Waals surface area contributed by atoms with Crippen molar-refractivity contribution in [2.75, 3.05) is 17.6 Å². The molecule has 0 aliphatic carbocycles. The third-order valence-corrected chi connectivity index (χ3v) is 5.03. The predicted octanol–water partition coefficient (Wildman–Crippen LogP) is 3.38. The number of carbonyl (C=O) groups is 2. The monoisotopic (exact) mass is 384 g/mol. The van der Waals surface area contributed by atoms with E-state index in [4.69, 9.17) is 16.0 Å². The van der Waals surface area contributed by atoms with Gasteiger partial charge >= 0.3 is 0 Å². The van der Waals surface area contributed by atoms with Gasteiger partial charge in [-0.3, -0.25) is 9.59 Å². The molecule has 0 unspecified atom stereocenters. The van der Waals surface area contributed by atoms with Gasteiger partial charge in [0.2, 0.25) is 11.5 Å². The lowest BCUT2D eigenvalue weighted by atomic mass is 10.1. The molecule has 0 saturated carbocycles. The Morgan fingerprint density at radius 1 is 1.26 bits per heavy atom. The average Bonchev–Trinajstić information content (AvgIpc) is 3.25. The minimum atomic E-state index is -0.684. The summed E-state index contributed by atoms with van der Waals surface area (Å²) in [6.07, 6.45) is 0. The van der Waals surface area contributed by atoms with E-state index in [1.54, 1.807) is 6.07 Å². The zero-order chi connectivity index (χ0) is 19.6. The van der Waals surface area contributed by atoms with Gasteiger partial charge in [0.15, 0.2) is 0 Å². The van der Waals surface area contributed by atoms with E-state index in [1.165, 1.54) is 0 Å². The molecule has 27 heavy (non-hydrogen) atoms. The molecule has 0 bridgehead atoms. The summed E-state index contributed by atoms with van der Waals surface area (Å²) in [7, 11) is 0. The van der Waals surface area contributed by atoms with Gasteiger partial charge in [0.05, 0.1) is 11.3 Å². The second-order valence-electron chi connectivity index (χ2n) is 6.46. The maximum Gasteiger partial charge on any atom is 0.253 e. The second-order valence-corrected chi connectivity index (χ2v) is 7.48. The Balaban J connectivity index is 1.94. The van der Waals surface area contributed by atoms with Crippen molar-refractivity contribution in [1.82, 2.24) is 5.16 Å². The molecular weight excluding hydrogens is 364 g/mol. The molecule has 0 fully saturated rings. The fraction of sp³-hybridized carbons (Fsp3) is 0.211. The number of thiophene rings is 1. The number of nitrogens with two attached hydrogens (primary N) is 2. The largest absolute Gasteiger partial charge is 0.397 e. The van der Waals surface area contributed by atoms with Crippen molar-refractivity contribution in [3.05, 3.63) is 52.6 Å². The summed E-state index contributed by atoms with van der Waals surface area (Å²) in [5.41, 5.74) is 13.1. The molecule has 5 N–H and O–H groups in total. The molecule has 3 aromatic rings. The van der Waals surface area contributed by atoms with Crippen LogP contribution < -0.4 is 16.8 Å². The number of hydrogen-bond donors (Lipinski definition) is 3. The maximum atomic E-state index is 12.9. The Bertz CT molecular complexity index is 976. The topological polar surface area (TPSA) is 124 Å². The van der Waals surface area contributed by atoms with E-state index in [9.17, 15) is 9.59 Å². The number of aromatic nitrogens is 1. The number of amides is 1. The van der Waals surface area contributed by atoms with Crippen molar-refractivity contribution >= 4 is 33.7 Å². The molecule has 7 nitrogen and oxygen atoms in total. The summed E-state index contributed by atoms with van der Waals surface area (Å²) >= 11 is 1.09. The third-order valence-electron chi connectivity index (χ3n) is 3.87. The molecule has 0 spiro atoms. The minimum absolute atomic E-state index is 0.0493. The van der Waals surface area contributed by atoms with Crippen molar-refractivity contribution < 1.29 is 14.1 Å². The number of benzene rings is 1. The Kier molecular flexibility index (Phi) is 5.27. The van der Waals surface area contributed by atoms with Crippen molar-refractivity contribution in [1.29, 1.82) is 0 Å². The molecule has 0 aliphatic heterocycles. The fourth-order valence-corrected chi connectivity index (χ4v) is 3.60. The van der Waals surface area contributed by atoms with Crippen LogP contribution in [0.4, 0.5) is 10.7 Å². The number of carbonyl (C=O) groups excluding carboxylic acids is 2. The van der Waals surface area contributed by atoms with Gasteiger partial charge in [-0.2, -0.15) is 0 Å². The highest BCUT2D eigenvalue weighted by molar-refractivity contribution is 7.19. The van der Waals surface area contributed by atoms with E-state index >= 15 is 0 Å². The lowest BCUT2D eigenvalue weighted by Gasteiger charge is -2.07. The lowest BCUT2D eigenvalue weighted by Crippen LogP contribution is -2.16. The molecule has 0 atom stereocenters. The third kappa shape index (κ3) is 3.85. The van der Waals surface area contributed by atoms with Crippen LogP contribution in [0.5, 0.6) is 0 Å². The van der Waals surface area contributed by atoms with Gasteiger partial charge < -0.3 is 21.3 Å². The summed E-state index contributed by atoms with van der Waals surface area (Å²) in [5.74, 6) is -0.729. The summed E-state index contributed by atoms with van der Waals surface area (Å²) in [4.78, 5) is 24.9. The van der Waals surface area contributed by atoms with Crippen molar-refractivity contribution in [3.8, 4) is 11.3 Å². The molecule has 1 aromatic carbocycles. The van der Waals surface area contributed by atoms with E-state index in [0.717, 1.165) is 16.9 Å². The number of rotatable bonds is 7. The van der Waals surface area contributed by atoms with Crippen LogP contribution in [0.25, 0.3) is 11.3 Å².